The van der Waals surface area contributed by atoms with Crippen LogP contribution in [0.2, 0.25) is 0 Å². The molecule has 40 heavy (non-hydrogen) atoms. The lowest BCUT2D eigenvalue weighted by Crippen LogP contribution is -2.23. The number of halogens is 1. The Bertz CT molecular complexity index is 1530. The van der Waals surface area contributed by atoms with E-state index in [1.807, 2.05) is 22.9 Å². The molecule has 1 fully saturated rings. The second kappa shape index (κ2) is 12.5. The van der Waals surface area contributed by atoms with Crippen LogP contribution in [-0.2, 0) is 28.9 Å². The molecule has 7 heteroatoms. The zero-order valence-electron chi connectivity index (χ0n) is 22.5. The Morgan fingerprint density at radius 1 is 0.925 bits per heavy atom. The normalized spacial score (nSPS) is 15.5. The van der Waals surface area contributed by atoms with Gasteiger partial charge >= 0.3 is 0 Å². The van der Waals surface area contributed by atoms with E-state index in [1.54, 1.807) is 24.5 Å². The quantitative estimate of drug-likeness (QED) is 0.180. The van der Waals surface area contributed by atoms with Crippen molar-refractivity contribution in [3.8, 4) is 22.4 Å². The highest BCUT2D eigenvalue weighted by Crippen LogP contribution is 2.38. The van der Waals surface area contributed by atoms with Crippen LogP contribution in [0.1, 0.15) is 36.8 Å². The van der Waals surface area contributed by atoms with Crippen LogP contribution in [0.3, 0.4) is 0 Å². The Balaban J connectivity index is 1.38. The summed E-state index contributed by atoms with van der Waals surface area (Å²) in [4.78, 5) is 9.31. The lowest BCUT2D eigenvalue weighted by molar-refractivity contribution is -0.163. The van der Waals surface area contributed by atoms with Gasteiger partial charge in [-0.05, 0) is 91.6 Å². The summed E-state index contributed by atoms with van der Waals surface area (Å²) >= 11 is 0. The largest absolute Gasteiger partial charge is 0.353 e. The Hall–Kier alpha value is -3.94. The number of nitrogens with zero attached hydrogens (tertiary/aromatic N) is 4. The summed E-state index contributed by atoms with van der Waals surface area (Å²) in [6.45, 7) is 2.12. The lowest BCUT2D eigenvalue weighted by atomic mass is 9.90. The van der Waals surface area contributed by atoms with E-state index in [1.165, 1.54) is 23.3 Å². The summed E-state index contributed by atoms with van der Waals surface area (Å²) in [5, 5.41) is 5.92. The minimum atomic E-state index is -0.273. The molecule has 5 aromatic rings. The molecular weight excluding hydrogens is 503 g/mol. The minimum Gasteiger partial charge on any atom is -0.353 e. The molecule has 0 radical (unpaired) electrons. The van der Waals surface area contributed by atoms with Crippen molar-refractivity contribution in [3.05, 3.63) is 102 Å². The standard InChI is InChI=1S/C33H33FN4O2/c34-27-13-11-26(12-14-27)32-31(25-16-18-35-19-17-25)28(15-10-24-7-2-1-3-8-24)29-23-38(37-33(29)36-32)20-6-22-40-30-9-4-5-21-39-30/h1-3,7-8,11-14,16-19,23,30H,4-6,9-10,15,20-22H2. The topological polar surface area (TPSA) is 62.1 Å². The molecule has 1 saturated heterocycles. The number of hydrogen-bond donors (Lipinski definition) is 0. The van der Waals surface area contributed by atoms with E-state index in [0.717, 1.165) is 79.4 Å². The van der Waals surface area contributed by atoms with Crippen LogP contribution in [0.25, 0.3) is 33.4 Å². The number of pyridine rings is 2. The monoisotopic (exact) mass is 536 g/mol. The van der Waals surface area contributed by atoms with Crippen molar-refractivity contribution in [2.75, 3.05) is 13.2 Å². The van der Waals surface area contributed by atoms with Crippen LogP contribution in [-0.4, -0.2) is 39.3 Å². The molecule has 0 amide bonds. The Morgan fingerprint density at radius 3 is 2.52 bits per heavy atom. The number of hydrogen-bond acceptors (Lipinski definition) is 5. The van der Waals surface area contributed by atoms with Gasteiger partial charge in [0.25, 0.3) is 0 Å². The van der Waals surface area contributed by atoms with E-state index in [2.05, 4.69) is 35.4 Å². The second-order valence-electron chi connectivity index (χ2n) is 10.2. The third-order valence-electron chi connectivity index (χ3n) is 7.39. The van der Waals surface area contributed by atoms with Crippen molar-refractivity contribution in [3.63, 3.8) is 0 Å². The van der Waals surface area contributed by atoms with E-state index < -0.39 is 0 Å². The van der Waals surface area contributed by atoms with Gasteiger partial charge in [0.2, 0.25) is 0 Å². The van der Waals surface area contributed by atoms with Crippen molar-refractivity contribution < 1.29 is 13.9 Å². The number of benzene rings is 2. The molecule has 4 heterocycles. The van der Waals surface area contributed by atoms with Gasteiger partial charge < -0.3 is 9.47 Å². The SMILES string of the molecule is Fc1ccc(-c2nc3nn(CCCOC4CCCCO4)cc3c(CCc3ccccc3)c2-c2ccncc2)cc1. The van der Waals surface area contributed by atoms with Crippen molar-refractivity contribution in [2.24, 2.45) is 0 Å². The van der Waals surface area contributed by atoms with Crippen molar-refractivity contribution in [1.29, 1.82) is 0 Å². The first kappa shape index (κ1) is 26.3. The fourth-order valence-electron chi connectivity index (χ4n) is 5.36. The Morgan fingerprint density at radius 2 is 1.75 bits per heavy atom. The van der Waals surface area contributed by atoms with Gasteiger partial charge in [0.15, 0.2) is 11.9 Å². The highest BCUT2D eigenvalue weighted by atomic mass is 19.1. The van der Waals surface area contributed by atoms with Gasteiger partial charge in [-0.15, -0.1) is 0 Å². The van der Waals surface area contributed by atoms with Crippen LogP contribution < -0.4 is 0 Å². The first-order chi connectivity index (χ1) is 19.7. The summed E-state index contributed by atoms with van der Waals surface area (Å²) < 4.78 is 27.5. The van der Waals surface area contributed by atoms with E-state index in [0.29, 0.717) is 12.3 Å². The zero-order valence-corrected chi connectivity index (χ0v) is 22.5. The number of aryl methyl sites for hydroxylation is 3. The molecule has 1 atom stereocenters. The predicted molar refractivity (Wildman–Crippen MR) is 154 cm³/mol. The smallest absolute Gasteiger partial charge is 0.182 e. The van der Waals surface area contributed by atoms with Crippen molar-refractivity contribution in [1.82, 2.24) is 19.7 Å². The summed E-state index contributed by atoms with van der Waals surface area (Å²) in [7, 11) is 0. The number of ether oxygens (including phenoxy) is 2. The molecule has 1 unspecified atom stereocenters. The molecular formula is C33H33FN4O2. The van der Waals surface area contributed by atoms with Gasteiger partial charge in [0.05, 0.1) is 12.3 Å². The van der Waals surface area contributed by atoms with E-state index in [9.17, 15) is 4.39 Å². The molecule has 6 nitrogen and oxygen atoms in total. The third-order valence-corrected chi connectivity index (χ3v) is 7.39. The van der Waals surface area contributed by atoms with Gasteiger partial charge in [-0.2, -0.15) is 5.10 Å². The molecule has 2 aromatic carbocycles. The molecule has 0 bridgehead atoms. The molecule has 204 valence electrons. The third kappa shape index (κ3) is 6.11. The Labute approximate surface area is 233 Å². The van der Waals surface area contributed by atoms with E-state index >= 15 is 0 Å². The average Bonchev–Trinajstić information content (AvgIpc) is 3.42. The summed E-state index contributed by atoms with van der Waals surface area (Å²) in [6.07, 6.45) is 11.4. The number of rotatable bonds is 10. The second-order valence-corrected chi connectivity index (χ2v) is 10.2. The van der Waals surface area contributed by atoms with Crippen LogP contribution in [0.5, 0.6) is 0 Å². The lowest BCUT2D eigenvalue weighted by Gasteiger charge is -2.22. The van der Waals surface area contributed by atoms with Crippen LogP contribution >= 0.6 is 0 Å². The molecule has 0 spiro atoms. The van der Waals surface area contributed by atoms with Crippen molar-refractivity contribution >= 4 is 11.0 Å². The van der Waals surface area contributed by atoms with Gasteiger partial charge in [0, 0.05) is 48.3 Å². The van der Waals surface area contributed by atoms with Gasteiger partial charge in [-0.25, -0.2) is 9.37 Å². The molecule has 1 aliphatic rings. The maximum atomic E-state index is 13.9. The first-order valence-electron chi connectivity index (χ1n) is 14.1. The predicted octanol–water partition coefficient (Wildman–Crippen LogP) is 7.02. The van der Waals surface area contributed by atoms with Crippen LogP contribution in [0.15, 0.2) is 85.3 Å². The van der Waals surface area contributed by atoms with Gasteiger partial charge in [-0.1, -0.05) is 30.3 Å². The summed E-state index contributed by atoms with van der Waals surface area (Å²) in [5.74, 6) is -0.273. The maximum Gasteiger partial charge on any atom is 0.182 e. The van der Waals surface area contributed by atoms with Crippen LogP contribution in [0.4, 0.5) is 4.39 Å². The molecule has 0 saturated carbocycles. The van der Waals surface area contributed by atoms with Gasteiger partial charge in [-0.3, -0.25) is 9.67 Å². The summed E-state index contributed by atoms with van der Waals surface area (Å²) in [5.41, 5.74) is 6.85. The fraction of sp³-hybridized carbons (Fsp3) is 0.303. The minimum absolute atomic E-state index is 0.0853. The molecule has 3 aromatic heterocycles. The highest BCUT2D eigenvalue weighted by molar-refractivity contribution is 5.94. The summed E-state index contributed by atoms with van der Waals surface area (Å²) in [6, 6.07) is 21.1. The molecule has 0 aliphatic carbocycles. The number of fused-ring (bicyclic) bond motifs is 1. The first-order valence-corrected chi connectivity index (χ1v) is 14.1. The highest BCUT2D eigenvalue weighted by Gasteiger charge is 2.21. The number of aromatic nitrogens is 4. The van der Waals surface area contributed by atoms with Crippen LogP contribution in [0, 0.1) is 5.82 Å². The molecule has 0 N–H and O–H groups in total. The average molecular weight is 537 g/mol. The fourth-order valence-corrected chi connectivity index (χ4v) is 5.36. The maximum absolute atomic E-state index is 13.9. The zero-order chi connectivity index (χ0) is 27.1. The molecule has 1 aliphatic heterocycles. The van der Waals surface area contributed by atoms with E-state index in [4.69, 9.17) is 19.6 Å². The van der Waals surface area contributed by atoms with Crippen molar-refractivity contribution in [2.45, 2.75) is 51.4 Å². The molecule has 6 rings (SSSR count). The Kier molecular flexibility index (Phi) is 8.21. The van der Waals surface area contributed by atoms with E-state index in [-0.39, 0.29) is 12.1 Å². The van der Waals surface area contributed by atoms with Gasteiger partial charge in [0.1, 0.15) is 5.82 Å².